The first-order chi connectivity index (χ1) is 8.33. The molecule has 2 unspecified atom stereocenters. The highest BCUT2D eigenvalue weighted by Gasteiger charge is 2.49. The molecule has 7 nitrogen and oxygen atoms in total. The number of ether oxygens (including phenoxy) is 1. The van der Waals surface area contributed by atoms with E-state index in [4.69, 9.17) is 14.9 Å². The number of aliphatic hydroxyl groups excluding tert-OH is 1. The number of carboxylic acid groups (broad SMARTS) is 2. The van der Waals surface area contributed by atoms with Crippen molar-refractivity contribution in [2.45, 2.75) is 11.7 Å². The third kappa shape index (κ3) is 2.27. The summed E-state index contributed by atoms with van der Waals surface area (Å²) in [5.74, 6) is -3.30. The standard InChI is InChI=1S/C11H12O7/c1-18-7-4-2-6(3-5-7)11(17,10(15)16)8(12)9(13)14/h2-5,8,12,17H,1H3,(H,13,14)(H,15,16). The third-order valence-corrected chi connectivity index (χ3v) is 2.49. The number of hydrogen-bond acceptors (Lipinski definition) is 5. The van der Waals surface area contributed by atoms with Gasteiger partial charge in [0.25, 0.3) is 0 Å². The molecule has 2 atom stereocenters. The molecular weight excluding hydrogens is 244 g/mol. The van der Waals surface area contributed by atoms with Crippen LogP contribution in [0.1, 0.15) is 5.56 Å². The lowest BCUT2D eigenvalue weighted by molar-refractivity contribution is -0.185. The van der Waals surface area contributed by atoms with Crippen molar-refractivity contribution < 1.29 is 34.8 Å². The minimum Gasteiger partial charge on any atom is -0.497 e. The van der Waals surface area contributed by atoms with Gasteiger partial charge in [-0.25, -0.2) is 9.59 Å². The normalized spacial score (nSPS) is 15.5. The molecule has 0 amide bonds. The van der Waals surface area contributed by atoms with Crippen LogP contribution in [-0.4, -0.2) is 45.6 Å². The number of benzene rings is 1. The van der Waals surface area contributed by atoms with E-state index in [2.05, 4.69) is 0 Å². The first-order valence-electron chi connectivity index (χ1n) is 4.85. The first kappa shape index (κ1) is 13.9. The molecule has 0 aromatic heterocycles. The van der Waals surface area contributed by atoms with Crippen molar-refractivity contribution in [2.24, 2.45) is 0 Å². The van der Waals surface area contributed by atoms with Crippen LogP contribution in [0.25, 0.3) is 0 Å². The molecule has 18 heavy (non-hydrogen) atoms. The summed E-state index contributed by atoms with van der Waals surface area (Å²) in [6.45, 7) is 0. The van der Waals surface area contributed by atoms with Crippen molar-refractivity contribution in [3.8, 4) is 5.75 Å². The van der Waals surface area contributed by atoms with Gasteiger partial charge in [-0.15, -0.1) is 0 Å². The minimum absolute atomic E-state index is 0.259. The maximum Gasteiger partial charge on any atom is 0.343 e. The second-order valence-electron chi connectivity index (χ2n) is 3.54. The van der Waals surface area contributed by atoms with Gasteiger partial charge in [0.15, 0.2) is 6.10 Å². The predicted octanol–water partition coefficient (Wildman–Crippen LogP) is -0.587. The van der Waals surface area contributed by atoms with Crippen LogP contribution in [0.5, 0.6) is 5.75 Å². The summed E-state index contributed by atoms with van der Waals surface area (Å²) in [6, 6.07) is 5.02. The summed E-state index contributed by atoms with van der Waals surface area (Å²) < 4.78 is 4.84. The first-order valence-corrected chi connectivity index (χ1v) is 4.85. The van der Waals surface area contributed by atoms with Crippen LogP contribution < -0.4 is 4.74 Å². The zero-order valence-electron chi connectivity index (χ0n) is 9.40. The van der Waals surface area contributed by atoms with Crippen molar-refractivity contribution in [1.29, 1.82) is 0 Å². The lowest BCUT2D eigenvalue weighted by Crippen LogP contribution is -2.50. The van der Waals surface area contributed by atoms with Gasteiger partial charge < -0.3 is 25.2 Å². The van der Waals surface area contributed by atoms with E-state index in [1.165, 1.54) is 31.4 Å². The molecule has 0 fully saturated rings. The summed E-state index contributed by atoms with van der Waals surface area (Å²) in [7, 11) is 1.39. The molecule has 0 aliphatic heterocycles. The van der Waals surface area contributed by atoms with Gasteiger partial charge >= 0.3 is 11.9 Å². The van der Waals surface area contributed by atoms with Gasteiger partial charge in [-0.05, 0) is 17.7 Å². The summed E-state index contributed by atoms with van der Waals surface area (Å²) in [6.07, 6.45) is -2.48. The van der Waals surface area contributed by atoms with E-state index in [9.17, 15) is 19.8 Å². The smallest absolute Gasteiger partial charge is 0.343 e. The number of methoxy groups -OCH3 is 1. The van der Waals surface area contributed by atoms with Gasteiger partial charge in [0.1, 0.15) is 5.75 Å². The summed E-state index contributed by atoms with van der Waals surface area (Å²) in [5, 5.41) is 36.8. The van der Waals surface area contributed by atoms with Crippen molar-refractivity contribution in [2.75, 3.05) is 7.11 Å². The van der Waals surface area contributed by atoms with Crippen molar-refractivity contribution in [1.82, 2.24) is 0 Å². The molecule has 1 aromatic rings. The fourth-order valence-electron chi connectivity index (χ4n) is 1.42. The Morgan fingerprint density at radius 2 is 1.72 bits per heavy atom. The van der Waals surface area contributed by atoms with Crippen molar-refractivity contribution in [3.63, 3.8) is 0 Å². The SMILES string of the molecule is COc1ccc(C(O)(C(=O)O)C(O)C(=O)O)cc1. The van der Waals surface area contributed by atoms with Crippen molar-refractivity contribution >= 4 is 11.9 Å². The highest BCUT2D eigenvalue weighted by atomic mass is 16.5. The molecular formula is C11H12O7. The molecule has 0 heterocycles. The fraction of sp³-hybridized carbons (Fsp3) is 0.273. The second kappa shape index (κ2) is 5.03. The summed E-state index contributed by atoms with van der Waals surface area (Å²) in [5.41, 5.74) is -3.18. The van der Waals surface area contributed by atoms with Crippen molar-refractivity contribution in [3.05, 3.63) is 29.8 Å². The Bertz CT molecular complexity index is 453. The molecule has 0 bridgehead atoms. The Morgan fingerprint density at radius 1 is 1.22 bits per heavy atom. The van der Waals surface area contributed by atoms with Gasteiger partial charge in [-0.2, -0.15) is 0 Å². The van der Waals surface area contributed by atoms with Crippen LogP contribution in [0.3, 0.4) is 0 Å². The fourth-order valence-corrected chi connectivity index (χ4v) is 1.42. The zero-order chi connectivity index (χ0) is 13.9. The van der Waals surface area contributed by atoms with Crippen LogP contribution in [0.4, 0.5) is 0 Å². The Balaban J connectivity index is 3.26. The van der Waals surface area contributed by atoms with E-state index in [-0.39, 0.29) is 5.56 Å². The van der Waals surface area contributed by atoms with E-state index in [0.29, 0.717) is 5.75 Å². The van der Waals surface area contributed by atoms with Gasteiger partial charge in [0, 0.05) is 0 Å². The minimum atomic E-state index is -2.92. The maximum absolute atomic E-state index is 11.0. The van der Waals surface area contributed by atoms with Crippen LogP contribution >= 0.6 is 0 Å². The van der Waals surface area contributed by atoms with Gasteiger partial charge in [-0.3, -0.25) is 0 Å². The van der Waals surface area contributed by atoms with Crippen LogP contribution in [0, 0.1) is 0 Å². The monoisotopic (exact) mass is 256 g/mol. The maximum atomic E-state index is 11.0. The van der Waals surface area contributed by atoms with E-state index in [1.807, 2.05) is 0 Å². The molecule has 7 heteroatoms. The highest BCUT2D eigenvalue weighted by Crippen LogP contribution is 2.27. The Labute approximate surface area is 102 Å². The number of aliphatic carboxylic acids is 2. The molecule has 0 saturated carbocycles. The van der Waals surface area contributed by atoms with Gasteiger partial charge in [-0.1, -0.05) is 12.1 Å². The number of rotatable bonds is 5. The zero-order valence-corrected chi connectivity index (χ0v) is 9.40. The van der Waals surface area contributed by atoms with Crippen LogP contribution in [-0.2, 0) is 15.2 Å². The molecule has 0 aliphatic rings. The summed E-state index contributed by atoms with van der Waals surface area (Å²) in [4.78, 5) is 21.7. The van der Waals surface area contributed by atoms with Crippen LogP contribution in [0.2, 0.25) is 0 Å². The predicted molar refractivity (Wildman–Crippen MR) is 58.2 cm³/mol. The third-order valence-electron chi connectivity index (χ3n) is 2.49. The van der Waals surface area contributed by atoms with E-state index >= 15 is 0 Å². The average Bonchev–Trinajstić information content (AvgIpc) is 2.36. The largest absolute Gasteiger partial charge is 0.497 e. The Kier molecular flexibility index (Phi) is 3.89. The molecule has 1 rings (SSSR count). The quantitative estimate of drug-likeness (QED) is 0.555. The van der Waals surface area contributed by atoms with Gasteiger partial charge in [0.2, 0.25) is 5.60 Å². The van der Waals surface area contributed by atoms with E-state index < -0.39 is 23.6 Å². The number of carbonyl (C=O) groups is 2. The highest BCUT2D eigenvalue weighted by molar-refractivity contribution is 5.88. The topological polar surface area (TPSA) is 124 Å². The number of aliphatic hydroxyl groups is 2. The Morgan fingerprint density at radius 3 is 2.06 bits per heavy atom. The molecule has 1 aromatic carbocycles. The molecule has 0 spiro atoms. The van der Waals surface area contributed by atoms with Gasteiger partial charge in [0.05, 0.1) is 7.11 Å². The lowest BCUT2D eigenvalue weighted by Gasteiger charge is -2.26. The second-order valence-corrected chi connectivity index (χ2v) is 3.54. The van der Waals surface area contributed by atoms with E-state index in [0.717, 1.165) is 0 Å². The van der Waals surface area contributed by atoms with Crippen LogP contribution in [0.15, 0.2) is 24.3 Å². The number of carboxylic acids is 2. The Hall–Kier alpha value is -2.12. The molecule has 0 aliphatic carbocycles. The summed E-state index contributed by atoms with van der Waals surface area (Å²) >= 11 is 0. The molecule has 98 valence electrons. The molecule has 0 saturated heterocycles. The number of hydrogen-bond donors (Lipinski definition) is 4. The average molecular weight is 256 g/mol. The van der Waals surface area contributed by atoms with E-state index in [1.54, 1.807) is 0 Å². The molecule has 0 radical (unpaired) electrons. The molecule has 4 N–H and O–H groups in total. The lowest BCUT2D eigenvalue weighted by atomic mass is 9.88.